The number of carbonyl (C=O) groups is 2. The van der Waals surface area contributed by atoms with Crippen LogP contribution in [0.3, 0.4) is 0 Å². The number of pyridine rings is 1. The Balaban J connectivity index is 0.00000529. The molecule has 0 unspecified atom stereocenters. The molecular formula is C33H34F2N3NaO5. The quantitative estimate of drug-likeness (QED) is 0.195. The van der Waals surface area contributed by atoms with Gasteiger partial charge in [-0.3, -0.25) is 9.78 Å². The average Bonchev–Trinajstić information content (AvgIpc) is 3.31. The summed E-state index contributed by atoms with van der Waals surface area (Å²) < 4.78 is 29.9. The molecule has 0 saturated carbocycles. The maximum absolute atomic E-state index is 14.0. The Labute approximate surface area is 277 Å². The molecule has 0 aliphatic carbocycles. The van der Waals surface area contributed by atoms with Crippen LogP contribution in [0, 0.1) is 11.6 Å². The summed E-state index contributed by atoms with van der Waals surface area (Å²) >= 11 is 0. The topological polar surface area (TPSA) is 128 Å². The molecule has 2 aromatic carbocycles. The maximum atomic E-state index is 14.0. The molecule has 0 fully saturated rings. The first-order chi connectivity index (χ1) is 20.5. The van der Waals surface area contributed by atoms with E-state index in [0.717, 1.165) is 0 Å². The van der Waals surface area contributed by atoms with E-state index in [-0.39, 0.29) is 61.4 Å². The second kappa shape index (κ2) is 16.1. The summed E-state index contributed by atoms with van der Waals surface area (Å²) in [7, 11) is 0. The fraction of sp³-hybridized carbons (Fsp3) is 0.303. The van der Waals surface area contributed by atoms with Gasteiger partial charge in [-0.15, -0.1) is 0 Å². The summed E-state index contributed by atoms with van der Waals surface area (Å²) in [5.41, 5.74) is 3.93. The van der Waals surface area contributed by atoms with Gasteiger partial charge in [0.15, 0.2) is 0 Å². The molecule has 1 amide bonds. The van der Waals surface area contributed by atoms with Crippen LogP contribution in [0.2, 0.25) is 0 Å². The van der Waals surface area contributed by atoms with Crippen LogP contribution in [-0.4, -0.2) is 43.8 Å². The molecule has 44 heavy (non-hydrogen) atoms. The van der Waals surface area contributed by atoms with Crippen molar-refractivity contribution in [1.82, 2.24) is 14.9 Å². The fourth-order valence-electron chi connectivity index (χ4n) is 5.27. The first kappa shape index (κ1) is 35.1. The molecule has 0 bridgehead atoms. The van der Waals surface area contributed by atoms with E-state index in [1.54, 1.807) is 42.6 Å². The normalized spacial score (nSPS) is 12.4. The van der Waals surface area contributed by atoms with Crippen LogP contribution in [0.1, 0.15) is 61.0 Å². The van der Waals surface area contributed by atoms with Crippen molar-refractivity contribution in [3.63, 3.8) is 0 Å². The van der Waals surface area contributed by atoms with Crippen LogP contribution in [0.25, 0.3) is 22.3 Å². The molecule has 2 heterocycles. The number of nitrogens with one attached hydrogen (secondary N) is 1. The molecule has 11 heteroatoms. The number of aliphatic hydroxyl groups excluding tert-OH is 2. The summed E-state index contributed by atoms with van der Waals surface area (Å²) in [5.74, 6) is -2.71. The van der Waals surface area contributed by atoms with Gasteiger partial charge in [-0.1, -0.05) is 30.3 Å². The van der Waals surface area contributed by atoms with Gasteiger partial charge in [-0.25, -0.2) is 8.78 Å². The Hall–Kier alpha value is -3.41. The van der Waals surface area contributed by atoms with Gasteiger partial charge in [0.1, 0.15) is 17.3 Å². The molecule has 8 nitrogen and oxygen atoms in total. The largest absolute Gasteiger partial charge is 1.00 e. The number of benzene rings is 2. The monoisotopic (exact) mass is 613 g/mol. The van der Waals surface area contributed by atoms with Gasteiger partial charge < -0.3 is 30.0 Å². The SMILES string of the molecule is CC(C)n1c(CC[C@@H](O)C[C@@H](O)CC(=O)[O-])c(-c2ccc(F)cc2)c(-c2ccc(F)cc2)c1C(=O)NCc1ccccn1.[Na+]. The van der Waals surface area contributed by atoms with Crippen LogP contribution in [0.15, 0.2) is 72.9 Å². The van der Waals surface area contributed by atoms with Gasteiger partial charge in [0.25, 0.3) is 5.91 Å². The van der Waals surface area contributed by atoms with Gasteiger partial charge in [0.2, 0.25) is 0 Å². The number of aliphatic carboxylic acids is 1. The van der Waals surface area contributed by atoms with E-state index < -0.39 is 42.1 Å². The van der Waals surface area contributed by atoms with E-state index in [1.165, 1.54) is 24.3 Å². The predicted octanol–water partition coefficient (Wildman–Crippen LogP) is 1.19. The molecule has 0 aliphatic heterocycles. The Bertz CT molecular complexity index is 1540. The molecular weight excluding hydrogens is 579 g/mol. The summed E-state index contributed by atoms with van der Waals surface area (Å²) in [6.07, 6.45) is -1.13. The van der Waals surface area contributed by atoms with Crippen LogP contribution in [-0.2, 0) is 17.8 Å². The van der Waals surface area contributed by atoms with Crippen molar-refractivity contribution in [3.8, 4) is 22.3 Å². The average molecular weight is 614 g/mol. The number of aliphatic hydroxyl groups is 2. The Morgan fingerprint density at radius 1 is 0.909 bits per heavy atom. The first-order valence-electron chi connectivity index (χ1n) is 14.1. The minimum Gasteiger partial charge on any atom is -0.550 e. The summed E-state index contributed by atoms with van der Waals surface area (Å²) in [6.45, 7) is 3.96. The maximum Gasteiger partial charge on any atom is 1.00 e. The fourth-order valence-corrected chi connectivity index (χ4v) is 5.27. The standard InChI is InChI=1S/C33H35F2N3O5.Na/c1-20(2)38-28(15-14-26(39)17-27(40)18-29(41)42)30(21-6-10-23(34)11-7-21)31(22-8-12-24(35)13-9-22)32(38)33(43)37-19-25-5-3-4-16-36-25;/h3-13,16,20,26-27,39-40H,14-15,17-19H2,1-2H3,(H,37,43)(H,41,42);/q;+1/p-1/t26-,27-;/m1./s1. The third-order valence-corrected chi connectivity index (χ3v) is 7.12. The van der Waals surface area contributed by atoms with E-state index in [4.69, 9.17) is 0 Å². The van der Waals surface area contributed by atoms with Crippen molar-refractivity contribution in [2.45, 2.75) is 64.3 Å². The van der Waals surface area contributed by atoms with Gasteiger partial charge in [-0.05, 0) is 80.6 Å². The molecule has 4 aromatic rings. The first-order valence-corrected chi connectivity index (χ1v) is 14.1. The second-order valence-corrected chi connectivity index (χ2v) is 10.7. The number of carbonyl (C=O) groups excluding carboxylic acids is 2. The third-order valence-electron chi connectivity index (χ3n) is 7.12. The van der Waals surface area contributed by atoms with Crippen LogP contribution in [0.4, 0.5) is 8.78 Å². The Morgan fingerprint density at radius 2 is 1.50 bits per heavy atom. The summed E-state index contributed by atoms with van der Waals surface area (Å²) in [6, 6.07) is 16.7. The van der Waals surface area contributed by atoms with Crippen molar-refractivity contribution in [2.24, 2.45) is 0 Å². The Kier molecular flexibility index (Phi) is 12.8. The number of hydrogen-bond donors (Lipinski definition) is 3. The zero-order valence-electron chi connectivity index (χ0n) is 25.0. The molecule has 4 rings (SSSR count). The van der Waals surface area contributed by atoms with E-state index >= 15 is 0 Å². The van der Waals surface area contributed by atoms with Crippen LogP contribution in [0.5, 0.6) is 0 Å². The molecule has 0 spiro atoms. The van der Waals surface area contributed by atoms with Crippen molar-refractivity contribution in [1.29, 1.82) is 0 Å². The molecule has 2 aromatic heterocycles. The zero-order chi connectivity index (χ0) is 31.1. The van der Waals surface area contributed by atoms with Crippen molar-refractivity contribution in [2.75, 3.05) is 0 Å². The van der Waals surface area contributed by atoms with E-state index in [9.17, 15) is 33.7 Å². The molecule has 226 valence electrons. The molecule has 3 N–H and O–H groups in total. The molecule has 0 saturated heterocycles. The zero-order valence-corrected chi connectivity index (χ0v) is 27.0. The summed E-state index contributed by atoms with van der Waals surface area (Å²) in [5, 5.41) is 34.5. The third kappa shape index (κ3) is 8.83. The van der Waals surface area contributed by atoms with Crippen molar-refractivity contribution in [3.05, 3.63) is 102 Å². The number of carboxylic acids is 1. The van der Waals surface area contributed by atoms with E-state index in [2.05, 4.69) is 10.3 Å². The smallest absolute Gasteiger partial charge is 0.550 e. The van der Waals surface area contributed by atoms with E-state index in [0.29, 0.717) is 39.3 Å². The molecule has 0 aliphatic rings. The van der Waals surface area contributed by atoms with Gasteiger partial charge in [0, 0.05) is 41.4 Å². The number of rotatable bonds is 13. The second-order valence-electron chi connectivity index (χ2n) is 10.7. The van der Waals surface area contributed by atoms with Gasteiger partial charge in [0.05, 0.1) is 24.4 Å². The number of hydrogen-bond acceptors (Lipinski definition) is 6. The summed E-state index contributed by atoms with van der Waals surface area (Å²) in [4.78, 5) is 29.1. The number of nitrogens with zero attached hydrogens (tertiary/aromatic N) is 2. The Morgan fingerprint density at radius 3 is 2.02 bits per heavy atom. The predicted molar refractivity (Wildman–Crippen MR) is 156 cm³/mol. The van der Waals surface area contributed by atoms with E-state index in [1.807, 2.05) is 24.5 Å². The molecule has 2 atom stereocenters. The molecule has 0 radical (unpaired) electrons. The van der Waals surface area contributed by atoms with Crippen LogP contribution >= 0.6 is 0 Å². The number of carboxylic acid groups (broad SMARTS) is 1. The van der Waals surface area contributed by atoms with Crippen molar-refractivity contribution >= 4 is 11.9 Å². The van der Waals surface area contributed by atoms with Gasteiger partial charge in [-0.2, -0.15) is 0 Å². The number of halogens is 2. The van der Waals surface area contributed by atoms with Crippen molar-refractivity contribution < 1.29 is 63.2 Å². The van der Waals surface area contributed by atoms with Crippen LogP contribution < -0.4 is 40.0 Å². The number of amides is 1. The van der Waals surface area contributed by atoms with Gasteiger partial charge >= 0.3 is 29.6 Å². The minimum atomic E-state index is -1.42. The number of aromatic nitrogens is 2. The minimum absolute atomic E-state index is 0.